The van der Waals surface area contributed by atoms with Crippen LogP contribution in [0, 0.1) is 5.92 Å². The molecule has 1 unspecified atom stereocenters. The van der Waals surface area contributed by atoms with Gasteiger partial charge in [0.05, 0.1) is 0 Å². The molecule has 4 heteroatoms. The molecule has 4 nitrogen and oxygen atoms in total. The third kappa shape index (κ3) is 4.34. The number of nitrogens with one attached hydrogen (secondary N) is 2. The second-order valence-corrected chi connectivity index (χ2v) is 4.47. The fourth-order valence-electron chi connectivity index (χ4n) is 1.78. The lowest BCUT2D eigenvalue weighted by molar-refractivity contribution is 0.259. The summed E-state index contributed by atoms with van der Waals surface area (Å²) in [6.45, 7) is 6.53. The number of hydrogen-bond acceptors (Lipinski definition) is 2. The summed E-state index contributed by atoms with van der Waals surface area (Å²) in [5.74, 6) is 0.563. The molecule has 0 saturated carbocycles. The molecule has 4 N–H and O–H groups in total. The normalized spacial score (nSPS) is 12.2. The minimum Gasteiger partial charge on any atom is -0.382 e. The van der Waals surface area contributed by atoms with Gasteiger partial charge in [0.25, 0.3) is 0 Å². The number of nitrogens with two attached hydrogens (primary N) is 1. The van der Waals surface area contributed by atoms with E-state index < -0.39 is 6.03 Å². The van der Waals surface area contributed by atoms with Crippen molar-refractivity contribution in [3.63, 3.8) is 0 Å². The van der Waals surface area contributed by atoms with E-state index in [2.05, 4.69) is 31.4 Å². The van der Waals surface area contributed by atoms with Gasteiger partial charge in [-0.1, -0.05) is 26.8 Å². The number of anilines is 2. The van der Waals surface area contributed by atoms with Crippen LogP contribution < -0.4 is 16.4 Å². The molecule has 0 heterocycles. The van der Waals surface area contributed by atoms with Gasteiger partial charge in [-0.15, -0.1) is 0 Å². The van der Waals surface area contributed by atoms with Crippen molar-refractivity contribution < 1.29 is 4.79 Å². The Labute approximate surface area is 103 Å². The molecule has 0 saturated heterocycles. The van der Waals surface area contributed by atoms with Crippen molar-refractivity contribution in [3.8, 4) is 0 Å². The molecule has 94 valence electrons. The molecule has 0 aliphatic heterocycles. The lowest BCUT2D eigenvalue weighted by Crippen LogP contribution is -2.24. The molecule has 0 aromatic heterocycles. The minimum absolute atomic E-state index is 0.429. The number of primary amides is 1. The number of carbonyl (C=O) groups is 1. The second kappa shape index (κ2) is 6.13. The Balaban J connectivity index is 2.74. The van der Waals surface area contributed by atoms with Crippen molar-refractivity contribution in [1.29, 1.82) is 0 Å². The molecule has 17 heavy (non-hydrogen) atoms. The van der Waals surface area contributed by atoms with E-state index in [9.17, 15) is 4.79 Å². The Hall–Kier alpha value is -1.71. The van der Waals surface area contributed by atoms with Gasteiger partial charge in [0.1, 0.15) is 0 Å². The first-order valence-corrected chi connectivity index (χ1v) is 5.96. The average molecular weight is 235 g/mol. The first-order valence-electron chi connectivity index (χ1n) is 5.96. The molecule has 0 aliphatic carbocycles. The minimum atomic E-state index is -0.543. The third-order valence-corrected chi connectivity index (χ3v) is 2.73. The number of rotatable bonds is 5. The van der Waals surface area contributed by atoms with E-state index in [1.54, 1.807) is 0 Å². The molecule has 0 bridgehead atoms. The lowest BCUT2D eigenvalue weighted by atomic mass is 10.0. The van der Waals surface area contributed by atoms with E-state index in [0.717, 1.165) is 12.1 Å². The summed E-state index contributed by atoms with van der Waals surface area (Å²) >= 11 is 0. The van der Waals surface area contributed by atoms with E-state index in [0.29, 0.717) is 17.6 Å². The van der Waals surface area contributed by atoms with Gasteiger partial charge >= 0.3 is 6.03 Å². The topological polar surface area (TPSA) is 67.2 Å². The molecular formula is C13H21N3O. The SMILES string of the molecule is CCC(Nc1cccc(NC(N)=O)c1)C(C)C. The molecule has 0 spiro atoms. The Morgan fingerprint density at radius 2 is 2.00 bits per heavy atom. The van der Waals surface area contributed by atoms with Gasteiger partial charge in [-0.05, 0) is 30.5 Å². The summed E-state index contributed by atoms with van der Waals surface area (Å²) in [5.41, 5.74) is 6.79. The van der Waals surface area contributed by atoms with Gasteiger partial charge in [-0.2, -0.15) is 0 Å². The van der Waals surface area contributed by atoms with Crippen LogP contribution in [0.3, 0.4) is 0 Å². The van der Waals surface area contributed by atoms with Crippen LogP contribution in [-0.4, -0.2) is 12.1 Å². The zero-order chi connectivity index (χ0) is 12.8. The highest BCUT2D eigenvalue weighted by molar-refractivity contribution is 5.88. The molecule has 1 aromatic rings. The summed E-state index contributed by atoms with van der Waals surface area (Å²) in [4.78, 5) is 10.8. The first kappa shape index (κ1) is 13.4. The van der Waals surface area contributed by atoms with Gasteiger partial charge in [-0.3, -0.25) is 0 Å². The highest BCUT2D eigenvalue weighted by Gasteiger charge is 2.10. The third-order valence-electron chi connectivity index (χ3n) is 2.73. The van der Waals surface area contributed by atoms with Crippen molar-refractivity contribution in [2.75, 3.05) is 10.6 Å². The van der Waals surface area contributed by atoms with Crippen LogP contribution in [0.5, 0.6) is 0 Å². The molecule has 0 fully saturated rings. The number of carbonyl (C=O) groups excluding carboxylic acids is 1. The Morgan fingerprint density at radius 1 is 1.35 bits per heavy atom. The molecule has 1 rings (SSSR count). The van der Waals surface area contributed by atoms with Gasteiger partial charge < -0.3 is 16.4 Å². The first-order chi connectivity index (χ1) is 8.02. The summed E-state index contributed by atoms with van der Waals surface area (Å²) in [6.07, 6.45) is 1.06. The number of hydrogen-bond donors (Lipinski definition) is 3. The smallest absolute Gasteiger partial charge is 0.316 e. The van der Waals surface area contributed by atoms with Gasteiger partial charge in [-0.25, -0.2) is 4.79 Å². The van der Waals surface area contributed by atoms with Gasteiger partial charge in [0, 0.05) is 17.4 Å². The van der Waals surface area contributed by atoms with Crippen molar-refractivity contribution in [3.05, 3.63) is 24.3 Å². The molecular weight excluding hydrogens is 214 g/mol. The van der Waals surface area contributed by atoms with Crippen LogP contribution in [0.15, 0.2) is 24.3 Å². The lowest BCUT2D eigenvalue weighted by Gasteiger charge is -2.22. The monoisotopic (exact) mass is 235 g/mol. The van der Waals surface area contributed by atoms with Crippen molar-refractivity contribution in [1.82, 2.24) is 0 Å². The summed E-state index contributed by atoms with van der Waals surface area (Å²) in [7, 11) is 0. The Morgan fingerprint density at radius 3 is 2.53 bits per heavy atom. The van der Waals surface area contributed by atoms with Crippen LogP contribution >= 0.6 is 0 Å². The van der Waals surface area contributed by atoms with E-state index in [-0.39, 0.29) is 0 Å². The maximum absolute atomic E-state index is 10.8. The maximum Gasteiger partial charge on any atom is 0.316 e. The zero-order valence-corrected chi connectivity index (χ0v) is 10.7. The van der Waals surface area contributed by atoms with Crippen molar-refractivity contribution in [2.45, 2.75) is 33.2 Å². The number of benzene rings is 1. The molecule has 0 radical (unpaired) electrons. The fourth-order valence-corrected chi connectivity index (χ4v) is 1.78. The van der Waals surface area contributed by atoms with E-state index >= 15 is 0 Å². The van der Waals surface area contributed by atoms with Crippen LogP contribution in [0.2, 0.25) is 0 Å². The summed E-state index contributed by atoms with van der Waals surface area (Å²) < 4.78 is 0. The Kier molecular flexibility index (Phi) is 4.82. The standard InChI is InChI=1S/C13H21N3O/c1-4-12(9(2)3)15-10-6-5-7-11(8-10)16-13(14)17/h5-9,12,15H,4H2,1-3H3,(H3,14,16,17). The van der Waals surface area contributed by atoms with Crippen LogP contribution in [-0.2, 0) is 0 Å². The van der Waals surface area contributed by atoms with Crippen LogP contribution in [0.4, 0.5) is 16.2 Å². The Bertz CT molecular complexity index is 377. The van der Waals surface area contributed by atoms with Crippen molar-refractivity contribution >= 4 is 17.4 Å². The van der Waals surface area contributed by atoms with E-state index in [1.165, 1.54) is 0 Å². The van der Waals surface area contributed by atoms with E-state index in [1.807, 2.05) is 24.3 Å². The maximum atomic E-state index is 10.8. The highest BCUT2D eigenvalue weighted by Crippen LogP contribution is 2.18. The van der Waals surface area contributed by atoms with Gasteiger partial charge in [0.15, 0.2) is 0 Å². The molecule has 1 atom stereocenters. The number of amides is 2. The molecule has 1 aromatic carbocycles. The predicted octanol–water partition coefficient (Wildman–Crippen LogP) is 3.02. The van der Waals surface area contributed by atoms with Crippen LogP contribution in [0.25, 0.3) is 0 Å². The largest absolute Gasteiger partial charge is 0.382 e. The summed E-state index contributed by atoms with van der Waals surface area (Å²) in [6, 6.07) is 7.46. The fraction of sp³-hybridized carbons (Fsp3) is 0.462. The zero-order valence-electron chi connectivity index (χ0n) is 10.7. The molecule has 2 amide bonds. The number of urea groups is 1. The van der Waals surface area contributed by atoms with E-state index in [4.69, 9.17) is 5.73 Å². The highest BCUT2D eigenvalue weighted by atomic mass is 16.2. The quantitative estimate of drug-likeness (QED) is 0.734. The second-order valence-electron chi connectivity index (χ2n) is 4.47. The van der Waals surface area contributed by atoms with Gasteiger partial charge in [0.2, 0.25) is 0 Å². The average Bonchev–Trinajstić information content (AvgIpc) is 2.25. The van der Waals surface area contributed by atoms with Crippen molar-refractivity contribution in [2.24, 2.45) is 11.7 Å². The molecule has 0 aliphatic rings. The summed E-state index contributed by atoms with van der Waals surface area (Å²) in [5, 5.41) is 6.01. The van der Waals surface area contributed by atoms with Crippen LogP contribution in [0.1, 0.15) is 27.2 Å². The predicted molar refractivity (Wildman–Crippen MR) is 72.2 cm³/mol.